The fourth-order valence-electron chi connectivity index (χ4n) is 2.60. The highest BCUT2D eigenvalue weighted by atomic mass is 16.1. The van der Waals surface area contributed by atoms with Gasteiger partial charge < -0.3 is 4.81 Å². The van der Waals surface area contributed by atoms with Crippen molar-refractivity contribution in [1.29, 1.82) is 0 Å². The van der Waals surface area contributed by atoms with Crippen molar-refractivity contribution in [2.24, 2.45) is 5.92 Å². The van der Waals surface area contributed by atoms with Gasteiger partial charge in [0.1, 0.15) is 0 Å². The molecule has 1 atom stereocenters. The number of allylic oxidation sites excluding steroid dienone is 6. The summed E-state index contributed by atoms with van der Waals surface area (Å²) < 4.78 is 0. The highest BCUT2D eigenvalue weighted by Gasteiger charge is 2.41. The normalized spacial score (nSPS) is 27.5. The van der Waals surface area contributed by atoms with Crippen molar-refractivity contribution in [3.8, 4) is 0 Å². The lowest BCUT2D eigenvalue weighted by molar-refractivity contribution is -0.118. The minimum atomic E-state index is 0.138. The molecule has 0 aromatic rings. The Morgan fingerprint density at radius 2 is 2.07 bits per heavy atom. The van der Waals surface area contributed by atoms with Crippen LogP contribution in [0.1, 0.15) is 13.3 Å². The average molecular weight is 197 g/mol. The van der Waals surface area contributed by atoms with E-state index in [1.54, 1.807) is 0 Å². The van der Waals surface area contributed by atoms with Gasteiger partial charge in [0.05, 0.1) is 0 Å². The van der Waals surface area contributed by atoms with Crippen molar-refractivity contribution < 1.29 is 4.79 Å². The summed E-state index contributed by atoms with van der Waals surface area (Å²) in [7, 11) is 0. The van der Waals surface area contributed by atoms with Crippen LogP contribution < -0.4 is 0 Å². The van der Waals surface area contributed by atoms with Crippen molar-refractivity contribution in [3.05, 3.63) is 47.6 Å². The molecule has 3 aliphatic rings. The Kier molecular flexibility index (Phi) is 1.75. The van der Waals surface area contributed by atoms with Crippen LogP contribution in [0.3, 0.4) is 0 Å². The molecular weight excluding hydrogens is 185 g/mol. The Morgan fingerprint density at radius 3 is 2.87 bits per heavy atom. The number of carbonyl (C=O) groups excluding carboxylic acids is 1. The van der Waals surface area contributed by atoms with E-state index < -0.39 is 0 Å². The number of Topliss-reactive ketones (excluding diaryl/α,β-unsaturated/α-hetero) is 1. The fraction of sp³-hybridized carbons (Fsp3) is 0.250. The standard InChI is InChI=1S/C12H12BNO/c1-9-8-10-4-2-6-14-7-3-5-11(12(9)15)13(10)14/h2-7,9H,8H2,1H3/t9-/m0/s1. The zero-order valence-corrected chi connectivity index (χ0v) is 8.68. The van der Waals surface area contributed by atoms with Gasteiger partial charge >= 0.3 is 6.85 Å². The maximum absolute atomic E-state index is 12.0. The van der Waals surface area contributed by atoms with E-state index in [1.165, 1.54) is 5.47 Å². The molecule has 1 fully saturated rings. The predicted octanol–water partition coefficient (Wildman–Crippen LogP) is 1.87. The molecule has 3 heteroatoms. The highest BCUT2D eigenvalue weighted by Crippen LogP contribution is 2.34. The van der Waals surface area contributed by atoms with Crippen LogP contribution in [0.5, 0.6) is 0 Å². The van der Waals surface area contributed by atoms with Gasteiger partial charge in [0.15, 0.2) is 5.78 Å². The molecule has 3 heterocycles. The molecule has 2 nitrogen and oxygen atoms in total. The van der Waals surface area contributed by atoms with E-state index >= 15 is 0 Å². The van der Waals surface area contributed by atoms with Crippen LogP contribution in [0.25, 0.3) is 0 Å². The lowest BCUT2D eigenvalue weighted by atomic mass is 9.40. The largest absolute Gasteiger partial charge is 0.389 e. The van der Waals surface area contributed by atoms with E-state index in [9.17, 15) is 4.79 Å². The van der Waals surface area contributed by atoms with Crippen molar-refractivity contribution in [2.75, 3.05) is 0 Å². The summed E-state index contributed by atoms with van der Waals surface area (Å²) in [5.74, 6) is 0.445. The van der Waals surface area contributed by atoms with E-state index in [4.69, 9.17) is 0 Å². The first-order valence-corrected chi connectivity index (χ1v) is 5.34. The smallest absolute Gasteiger partial charge is 0.326 e. The van der Waals surface area contributed by atoms with Gasteiger partial charge in [0.2, 0.25) is 0 Å². The summed E-state index contributed by atoms with van der Waals surface area (Å²) in [5, 5.41) is 0. The van der Waals surface area contributed by atoms with Crippen LogP contribution in [0.4, 0.5) is 0 Å². The van der Waals surface area contributed by atoms with Crippen molar-refractivity contribution in [3.63, 3.8) is 0 Å². The molecule has 74 valence electrons. The van der Waals surface area contributed by atoms with Gasteiger partial charge in [0.25, 0.3) is 0 Å². The lowest BCUT2D eigenvalue weighted by Gasteiger charge is -2.37. The number of ketones is 1. The first-order chi connectivity index (χ1) is 7.27. The monoisotopic (exact) mass is 197 g/mol. The molecule has 0 aromatic carbocycles. The minimum absolute atomic E-state index is 0.138. The Labute approximate surface area is 89.7 Å². The third-order valence-electron chi connectivity index (χ3n) is 3.32. The van der Waals surface area contributed by atoms with E-state index in [1.807, 2.05) is 31.5 Å². The second-order valence-electron chi connectivity index (χ2n) is 4.37. The fourth-order valence-corrected chi connectivity index (χ4v) is 2.60. The zero-order valence-electron chi connectivity index (χ0n) is 8.68. The van der Waals surface area contributed by atoms with Gasteiger partial charge in [-0.15, -0.1) is 0 Å². The number of nitrogens with zero attached hydrogens (tertiary/aromatic N) is 1. The average Bonchev–Trinajstić information content (AvgIpc) is 2.26. The van der Waals surface area contributed by atoms with Crippen molar-refractivity contribution >= 4 is 12.6 Å². The minimum Gasteiger partial charge on any atom is -0.389 e. The number of rotatable bonds is 0. The first-order valence-electron chi connectivity index (χ1n) is 5.34. The first kappa shape index (κ1) is 8.78. The van der Waals surface area contributed by atoms with Crippen LogP contribution in [-0.4, -0.2) is 17.4 Å². The molecule has 0 amide bonds. The molecule has 1 saturated heterocycles. The molecule has 3 rings (SSSR count). The third-order valence-corrected chi connectivity index (χ3v) is 3.32. The Balaban J connectivity index is 2.12. The molecule has 0 bridgehead atoms. The van der Waals surface area contributed by atoms with Gasteiger partial charge in [-0.3, -0.25) is 4.79 Å². The SMILES string of the molecule is C[C@H]1CC2=CC=CN3C=CC=C(B23)C1=O. The Morgan fingerprint density at radius 1 is 1.33 bits per heavy atom. The van der Waals surface area contributed by atoms with Gasteiger partial charge in [-0.2, -0.15) is 0 Å². The second-order valence-corrected chi connectivity index (χ2v) is 4.37. The van der Waals surface area contributed by atoms with Crippen LogP contribution >= 0.6 is 0 Å². The molecule has 0 radical (unpaired) electrons. The van der Waals surface area contributed by atoms with Gasteiger partial charge in [0, 0.05) is 5.92 Å². The quantitative estimate of drug-likeness (QED) is 0.552. The molecule has 0 aliphatic carbocycles. The van der Waals surface area contributed by atoms with Gasteiger partial charge in [-0.1, -0.05) is 24.5 Å². The summed E-state index contributed by atoms with van der Waals surface area (Å²) in [6.45, 7) is 2.20. The maximum Gasteiger partial charge on any atom is 0.326 e. The summed E-state index contributed by atoms with van der Waals surface area (Å²) in [6, 6.07) is 0. The van der Waals surface area contributed by atoms with Gasteiger partial charge in [-0.25, -0.2) is 0 Å². The van der Waals surface area contributed by atoms with E-state index in [-0.39, 0.29) is 12.8 Å². The third kappa shape index (κ3) is 1.16. The molecule has 3 aliphatic heterocycles. The number of hydrogen-bond acceptors (Lipinski definition) is 2. The van der Waals surface area contributed by atoms with Crippen molar-refractivity contribution in [2.45, 2.75) is 13.3 Å². The molecule has 15 heavy (non-hydrogen) atoms. The Hall–Kier alpha value is -1.51. The summed E-state index contributed by atoms with van der Waals surface area (Å²) in [5.41, 5.74) is 2.31. The maximum atomic E-state index is 12.0. The topological polar surface area (TPSA) is 20.3 Å². The summed E-state index contributed by atoms with van der Waals surface area (Å²) in [6.07, 6.45) is 13.1. The van der Waals surface area contributed by atoms with E-state index in [0.29, 0.717) is 5.78 Å². The molecule has 0 spiro atoms. The molecular formula is C12H12BNO. The highest BCUT2D eigenvalue weighted by molar-refractivity contribution is 6.78. The molecule has 0 N–H and O–H groups in total. The van der Waals surface area contributed by atoms with Crippen LogP contribution in [0.2, 0.25) is 0 Å². The number of carbonyl (C=O) groups is 1. The van der Waals surface area contributed by atoms with Crippen LogP contribution in [0, 0.1) is 5.92 Å². The summed E-state index contributed by atoms with van der Waals surface area (Å²) >= 11 is 0. The molecule has 0 aromatic heterocycles. The van der Waals surface area contributed by atoms with Gasteiger partial charge in [-0.05, 0) is 36.4 Å². The lowest BCUT2D eigenvalue weighted by Crippen LogP contribution is -2.46. The second kappa shape index (κ2) is 2.99. The summed E-state index contributed by atoms with van der Waals surface area (Å²) in [4.78, 5) is 14.1. The van der Waals surface area contributed by atoms with E-state index in [2.05, 4.69) is 17.0 Å². The number of hydrogen-bond donors (Lipinski definition) is 0. The zero-order chi connectivity index (χ0) is 10.4. The van der Waals surface area contributed by atoms with Crippen LogP contribution in [0.15, 0.2) is 47.6 Å². The Bertz CT molecular complexity index is 445. The molecule has 0 saturated carbocycles. The van der Waals surface area contributed by atoms with Crippen LogP contribution in [-0.2, 0) is 4.79 Å². The van der Waals surface area contributed by atoms with Crippen molar-refractivity contribution in [1.82, 2.24) is 4.81 Å². The molecule has 0 unspecified atom stereocenters. The predicted molar refractivity (Wildman–Crippen MR) is 60.8 cm³/mol. The van der Waals surface area contributed by atoms with E-state index in [0.717, 1.165) is 11.9 Å².